The van der Waals surface area contributed by atoms with Gasteiger partial charge in [0.05, 0.1) is 20.3 Å². The van der Waals surface area contributed by atoms with Crippen molar-refractivity contribution in [3.8, 4) is 0 Å². The number of benzene rings is 2. The molecule has 0 aliphatic carbocycles. The molecule has 1 aromatic heterocycles. The van der Waals surface area contributed by atoms with E-state index in [1.54, 1.807) is 23.5 Å². The number of hydrogen-bond donors (Lipinski definition) is 1. The van der Waals surface area contributed by atoms with Crippen LogP contribution < -0.4 is 5.32 Å². The van der Waals surface area contributed by atoms with Gasteiger partial charge in [0.2, 0.25) is 0 Å². The van der Waals surface area contributed by atoms with Crippen molar-refractivity contribution >= 4 is 55.6 Å². The second-order valence-corrected chi connectivity index (χ2v) is 6.09. The number of aromatic nitrogens is 1. The zero-order valence-electron chi connectivity index (χ0n) is 10.1. The molecule has 3 rings (SSSR count). The van der Waals surface area contributed by atoms with Gasteiger partial charge in [-0.1, -0.05) is 40.6 Å². The number of aryl methyl sites for hydroxylation is 1. The number of nitrogens with one attached hydrogen (secondary N) is 1. The van der Waals surface area contributed by atoms with Gasteiger partial charge in [0.15, 0.2) is 5.13 Å². The number of halogens is 2. The van der Waals surface area contributed by atoms with Gasteiger partial charge in [-0.05, 0) is 42.8 Å². The third kappa shape index (κ3) is 2.68. The van der Waals surface area contributed by atoms with Crippen LogP contribution in [0, 0.1) is 6.92 Å². The molecule has 2 aromatic carbocycles. The van der Waals surface area contributed by atoms with E-state index in [-0.39, 0.29) is 0 Å². The summed E-state index contributed by atoms with van der Waals surface area (Å²) in [7, 11) is 0. The van der Waals surface area contributed by atoms with Crippen LogP contribution in [-0.4, -0.2) is 4.98 Å². The van der Waals surface area contributed by atoms with Gasteiger partial charge < -0.3 is 5.32 Å². The molecule has 1 heterocycles. The number of fused-ring (bicyclic) bond motifs is 1. The molecule has 0 saturated carbocycles. The van der Waals surface area contributed by atoms with E-state index >= 15 is 0 Å². The van der Waals surface area contributed by atoms with Crippen molar-refractivity contribution in [3.05, 3.63) is 52.0 Å². The molecule has 2 nitrogen and oxygen atoms in total. The van der Waals surface area contributed by atoms with Gasteiger partial charge in [0.1, 0.15) is 0 Å². The molecule has 1 N–H and O–H groups in total. The van der Waals surface area contributed by atoms with Crippen molar-refractivity contribution in [1.82, 2.24) is 4.98 Å². The first-order valence-electron chi connectivity index (χ1n) is 5.71. The normalized spacial score (nSPS) is 10.9. The van der Waals surface area contributed by atoms with Crippen molar-refractivity contribution < 1.29 is 0 Å². The second kappa shape index (κ2) is 5.00. The Bertz CT molecular complexity index is 752. The Morgan fingerprint density at radius 2 is 1.89 bits per heavy atom. The summed E-state index contributed by atoms with van der Waals surface area (Å²) in [4.78, 5) is 4.55. The highest BCUT2D eigenvalue weighted by molar-refractivity contribution is 7.22. The fraction of sp³-hybridized carbons (Fsp3) is 0.0714. The van der Waals surface area contributed by atoms with Crippen LogP contribution >= 0.6 is 34.5 Å². The average Bonchev–Trinajstić information content (AvgIpc) is 2.75. The summed E-state index contributed by atoms with van der Waals surface area (Å²) in [5.41, 5.74) is 3.09. The smallest absolute Gasteiger partial charge is 0.188 e. The van der Waals surface area contributed by atoms with E-state index in [1.165, 1.54) is 5.56 Å². The molecule has 5 heteroatoms. The lowest BCUT2D eigenvalue weighted by molar-refractivity contribution is 1.42. The predicted molar refractivity (Wildman–Crippen MR) is 84.1 cm³/mol. The number of nitrogens with zero attached hydrogens (tertiary/aromatic N) is 1. The Morgan fingerprint density at radius 3 is 2.68 bits per heavy atom. The SMILES string of the molecule is Cc1ccc2sc(Nc3ccc(Cl)c(Cl)c3)nc2c1. The fourth-order valence-electron chi connectivity index (χ4n) is 1.79. The molecule has 0 atom stereocenters. The first-order chi connectivity index (χ1) is 9.11. The van der Waals surface area contributed by atoms with E-state index in [4.69, 9.17) is 23.2 Å². The van der Waals surface area contributed by atoms with Crippen LogP contribution in [0.4, 0.5) is 10.8 Å². The fourth-order valence-corrected chi connectivity index (χ4v) is 2.95. The van der Waals surface area contributed by atoms with E-state index < -0.39 is 0 Å². The lowest BCUT2D eigenvalue weighted by Crippen LogP contribution is -1.88. The van der Waals surface area contributed by atoms with Crippen LogP contribution in [0.25, 0.3) is 10.2 Å². The molecule has 0 bridgehead atoms. The molecule has 0 aliphatic heterocycles. The number of rotatable bonds is 2. The van der Waals surface area contributed by atoms with Gasteiger partial charge in [0.25, 0.3) is 0 Å². The van der Waals surface area contributed by atoms with Gasteiger partial charge in [-0.15, -0.1) is 0 Å². The Balaban J connectivity index is 1.94. The molecule has 3 aromatic rings. The van der Waals surface area contributed by atoms with E-state index in [9.17, 15) is 0 Å². The summed E-state index contributed by atoms with van der Waals surface area (Å²) in [6.45, 7) is 2.06. The monoisotopic (exact) mass is 308 g/mol. The minimum atomic E-state index is 0.531. The quantitative estimate of drug-likeness (QED) is 0.661. The van der Waals surface area contributed by atoms with Crippen LogP contribution in [0.5, 0.6) is 0 Å². The van der Waals surface area contributed by atoms with Crippen LogP contribution in [0.3, 0.4) is 0 Å². The maximum absolute atomic E-state index is 5.99. The minimum absolute atomic E-state index is 0.531. The lowest BCUT2D eigenvalue weighted by atomic mass is 10.2. The first kappa shape index (κ1) is 12.7. The molecule has 0 saturated heterocycles. The molecular weight excluding hydrogens is 299 g/mol. The molecule has 0 amide bonds. The number of anilines is 2. The van der Waals surface area contributed by atoms with E-state index in [1.807, 2.05) is 6.07 Å². The Kier molecular flexibility index (Phi) is 3.35. The molecule has 0 spiro atoms. The summed E-state index contributed by atoms with van der Waals surface area (Å²) < 4.78 is 1.16. The highest BCUT2D eigenvalue weighted by Crippen LogP contribution is 2.31. The lowest BCUT2D eigenvalue weighted by Gasteiger charge is -2.03. The zero-order valence-corrected chi connectivity index (χ0v) is 12.4. The summed E-state index contributed by atoms with van der Waals surface area (Å²) in [6.07, 6.45) is 0. The Hall–Kier alpha value is -1.29. The zero-order chi connectivity index (χ0) is 13.4. The standard InChI is InChI=1S/C14H10Cl2N2S/c1-8-2-5-13-12(6-8)18-14(19-13)17-9-3-4-10(15)11(16)7-9/h2-7H,1H3,(H,17,18). The summed E-state index contributed by atoms with van der Waals surface area (Å²) >= 11 is 13.5. The van der Waals surface area contributed by atoms with Crippen molar-refractivity contribution in [3.63, 3.8) is 0 Å². The van der Waals surface area contributed by atoms with Crippen molar-refractivity contribution in [1.29, 1.82) is 0 Å². The maximum atomic E-state index is 5.99. The molecule has 0 radical (unpaired) electrons. The second-order valence-electron chi connectivity index (χ2n) is 4.24. The van der Waals surface area contributed by atoms with Gasteiger partial charge in [-0.3, -0.25) is 0 Å². The predicted octanol–water partition coefficient (Wildman–Crippen LogP) is 5.66. The highest BCUT2D eigenvalue weighted by Gasteiger charge is 2.05. The highest BCUT2D eigenvalue weighted by atomic mass is 35.5. The topological polar surface area (TPSA) is 24.9 Å². The summed E-state index contributed by atoms with van der Waals surface area (Å²) in [6, 6.07) is 11.7. The van der Waals surface area contributed by atoms with E-state index in [0.29, 0.717) is 10.0 Å². The van der Waals surface area contributed by atoms with Gasteiger partial charge >= 0.3 is 0 Å². The number of hydrogen-bond acceptors (Lipinski definition) is 3. The van der Waals surface area contributed by atoms with Crippen LogP contribution in [0.1, 0.15) is 5.56 Å². The third-order valence-electron chi connectivity index (χ3n) is 2.71. The largest absolute Gasteiger partial charge is 0.331 e. The Labute approximate surface area is 125 Å². The molecule has 0 aliphatic rings. The molecule has 19 heavy (non-hydrogen) atoms. The molecule has 0 unspecified atom stereocenters. The van der Waals surface area contributed by atoms with Crippen molar-refractivity contribution in [2.45, 2.75) is 6.92 Å². The van der Waals surface area contributed by atoms with Crippen LogP contribution in [-0.2, 0) is 0 Å². The summed E-state index contributed by atoms with van der Waals surface area (Å²) in [5.74, 6) is 0. The third-order valence-corrected chi connectivity index (χ3v) is 4.40. The Morgan fingerprint density at radius 1 is 1.05 bits per heavy atom. The van der Waals surface area contributed by atoms with Crippen molar-refractivity contribution in [2.24, 2.45) is 0 Å². The molecule has 0 fully saturated rings. The molecular formula is C14H10Cl2N2S. The van der Waals surface area contributed by atoms with Gasteiger partial charge in [-0.2, -0.15) is 0 Å². The summed E-state index contributed by atoms with van der Waals surface area (Å²) in [5, 5.41) is 5.17. The average molecular weight is 309 g/mol. The minimum Gasteiger partial charge on any atom is -0.331 e. The van der Waals surface area contributed by atoms with Gasteiger partial charge in [-0.25, -0.2) is 4.98 Å². The maximum Gasteiger partial charge on any atom is 0.188 e. The van der Waals surface area contributed by atoms with Crippen molar-refractivity contribution in [2.75, 3.05) is 5.32 Å². The molecule has 96 valence electrons. The van der Waals surface area contributed by atoms with Gasteiger partial charge in [0, 0.05) is 5.69 Å². The van der Waals surface area contributed by atoms with E-state index in [0.717, 1.165) is 21.0 Å². The first-order valence-corrected chi connectivity index (χ1v) is 7.28. The number of thiazole rings is 1. The van der Waals surface area contributed by atoms with E-state index in [2.05, 4.69) is 35.4 Å². The van der Waals surface area contributed by atoms with Crippen LogP contribution in [0.15, 0.2) is 36.4 Å². The van der Waals surface area contributed by atoms with Crippen LogP contribution in [0.2, 0.25) is 10.0 Å².